The first kappa shape index (κ1) is 21.1. The molecule has 0 saturated heterocycles. The molecule has 5 aliphatic rings. The largest absolute Gasteiger partial charge is 0.295 e. The van der Waals surface area contributed by atoms with Crippen molar-refractivity contribution in [1.82, 2.24) is 4.72 Å². The number of carbonyl (C=O) groups excluding carboxylic acids is 3. The van der Waals surface area contributed by atoms with Crippen LogP contribution < -0.4 is 4.72 Å². The number of ketones is 2. The fourth-order valence-electron chi connectivity index (χ4n) is 7.57. The summed E-state index contributed by atoms with van der Waals surface area (Å²) >= 11 is 0. The Morgan fingerprint density at radius 1 is 1.00 bits per heavy atom. The van der Waals surface area contributed by atoms with E-state index in [9.17, 15) is 22.8 Å². The van der Waals surface area contributed by atoms with E-state index in [2.05, 4.69) is 4.72 Å². The minimum Gasteiger partial charge on any atom is -0.295 e. The molecule has 3 saturated carbocycles. The second-order valence-corrected chi connectivity index (χ2v) is 12.2. The number of nitrogens with one attached hydrogen (secondary N) is 1. The van der Waals surface area contributed by atoms with E-state index in [0.29, 0.717) is 42.9 Å². The van der Waals surface area contributed by atoms with Crippen LogP contribution in [0.1, 0.15) is 51.4 Å². The molecule has 8 atom stereocenters. The van der Waals surface area contributed by atoms with Crippen LogP contribution in [0.4, 0.5) is 0 Å². The molecule has 3 fully saturated rings. The van der Waals surface area contributed by atoms with E-state index >= 15 is 0 Å². The highest BCUT2D eigenvalue weighted by Gasteiger charge is 2.53. The van der Waals surface area contributed by atoms with Crippen molar-refractivity contribution in [3.63, 3.8) is 0 Å². The van der Waals surface area contributed by atoms with Gasteiger partial charge in [0.2, 0.25) is 15.9 Å². The molecular weight excluding hydrogens is 414 g/mol. The number of rotatable bonds is 2. The Morgan fingerprint density at radius 2 is 1.74 bits per heavy atom. The lowest BCUT2D eigenvalue weighted by Gasteiger charge is -2.53. The summed E-state index contributed by atoms with van der Waals surface area (Å²) in [5.41, 5.74) is 1.24. The van der Waals surface area contributed by atoms with Gasteiger partial charge in [-0.05, 0) is 86.7 Å². The molecule has 0 aromatic heterocycles. The topological polar surface area (TPSA) is 97.4 Å². The second-order valence-electron chi connectivity index (χ2n) is 10.5. The lowest BCUT2D eigenvalue weighted by molar-refractivity contribution is -0.134. The van der Waals surface area contributed by atoms with E-state index in [1.165, 1.54) is 5.57 Å². The quantitative estimate of drug-likeness (QED) is 0.705. The third-order valence-electron chi connectivity index (χ3n) is 8.77. The smallest absolute Gasteiger partial charge is 0.236 e. The highest BCUT2D eigenvalue weighted by Crippen LogP contribution is 2.57. The van der Waals surface area contributed by atoms with Crippen LogP contribution >= 0.6 is 0 Å². The van der Waals surface area contributed by atoms with E-state index in [1.807, 2.05) is 12.2 Å². The molecule has 0 aromatic carbocycles. The van der Waals surface area contributed by atoms with Crippen LogP contribution in [0.3, 0.4) is 0 Å². The van der Waals surface area contributed by atoms with Crippen LogP contribution in [0.2, 0.25) is 0 Å². The monoisotopic (exact) mass is 445 g/mol. The van der Waals surface area contributed by atoms with Gasteiger partial charge in [-0.15, -0.1) is 0 Å². The maximum atomic E-state index is 13.4. The number of allylic oxidation sites excluding steroid dienone is 4. The molecule has 0 spiro atoms. The van der Waals surface area contributed by atoms with E-state index < -0.39 is 15.9 Å². The molecule has 8 unspecified atom stereocenters. The van der Waals surface area contributed by atoms with E-state index in [0.717, 1.165) is 38.4 Å². The standard InChI is InChI=1S/C24H31NO5S/c1-31(29,30)25-24(28)15-3-2-13-4-8-19-18-7-5-14-10-16(26)6-9-17(14)21(18)12-22(27)23(19)20(13)11-15/h6,9,12-15,17-20,23H,2-5,7-8,10-11H2,1H3,(H,25,28). The molecule has 5 rings (SSSR count). The number of carbonyl (C=O) groups is 3. The normalized spacial score (nSPS) is 41.9. The number of sulfonamides is 1. The van der Waals surface area contributed by atoms with Crippen molar-refractivity contribution >= 4 is 27.5 Å². The minimum absolute atomic E-state index is 0.0490. The van der Waals surface area contributed by atoms with Gasteiger partial charge in [0.15, 0.2) is 11.6 Å². The van der Waals surface area contributed by atoms with Crippen molar-refractivity contribution in [2.75, 3.05) is 6.26 Å². The maximum absolute atomic E-state index is 13.4. The first-order valence-electron chi connectivity index (χ1n) is 11.7. The van der Waals surface area contributed by atoms with Crippen molar-refractivity contribution in [1.29, 1.82) is 0 Å². The predicted molar refractivity (Wildman–Crippen MR) is 115 cm³/mol. The molecule has 168 valence electrons. The van der Waals surface area contributed by atoms with Gasteiger partial charge in [0.25, 0.3) is 0 Å². The molecular formula is C24H31NO5S. The Kier molecular flexibility index (Phi) is 5.23. The van der Waals surface area contributed by atoms with Crippen molar-refractivity contribution in [3.05, 3.63) is 23.8 Å². The summed E-state index contributed by atoms with van der Waals surface area (Å²) in [6, 6.07) is 0. The number of hydrogen-bond acceptors (Lipinski definition) is 5. The zero-order valence-corrected chi connectivity index (χ0v) is 18.8. The van der Waals surface area contributed by atoms with Gasteiger partial charge in [0.1, 0.15) is 0 Å². The average molecular weight is 446 g/mol. The molecule has 1 amide bonds. The molecule has 31 heavy (non-hydrogen) atoms. The zero-order valence-electron chi connectivity index (χ0n) is 18.0. The van der Waals surface area contributed by atoms with Crippen LogP contribution in [-0.2, 0) is 24.4 Å². The number of fused-ring (bicyclic) bond motifs is 7. The van der Waals surface area contributed by atoms with Crippen molar-refractivity contribution in [2.24, 2.45) is 47.3 Å². The Morgan fingerprint density at radius 3 is 2.52 bits per heavy atom. The Labute approximate surface area is 184 Å². The molecule has 0 bridgehead atoms. The highest BCUT2D eigenvalue weighted by molar-refractivity contribution is 7.89. The van der Waals surface area contributed by atoms with Gasteiger partial charge in [0, 0.05) is 24.2 Å². The Balaban J connectivity index is 1.40. The lowest BCUT2D eigenvalue weighted by atomic mass is 9.50. The van der Waals surface area contributed by atoms with Crippen LogP contribution in [0.5, 0.6) is 0 Å². The number of hydrogen-bond donors (Lipinski definition) is 1. The Bertz CT molecular complexity index is 980. The second kappa shape index (κ2) is 7.68. The van der Waals surface area contributed by atoms with Crippen molar-refractivity contribution in [3.8, 4) is 0 Å². The van der Waals surface area contributed by atoms with E-state index in [1.54, 1.807) is 6.08 Å². The fraction of sp³-hybridized carbons (Fsp3) is 0.708. The number of amides is 1. The molecule has 5 aliphatic carbocycles. The zero-order chi connectivity index (χ0) is 21.9. The average Bonchev–Trinajstić information content (AvgIpc) is 2.71. The van der Waals surface area contributed by atoms with Gasteiger partial charge in [-0.3, -0.25) is 19.1 Å². The van der Waals surface area contributed by atoms with Gasteiger partial charge >= 0.3 is 0 Å². The summed E-state index contributed by atoms with van der Waals surface area (Å²) in [5.74, 6) is 1.47. The molecule has 0 heterocycles. The predicted octanol–water partition coefficient (Wildman–Crippen LogP) is 2.80. The van der Waals surface area contributed by atoms with Crippen LogP contribution in [0.15, 0.2) is 23.8 Å². The third-order valence-corrected chi connectivity index (χ3v) is 9.35. The third kappa shape index (κ3) is 3.83. The first-order valence-corrected chi connectivity index (χ1v) is 13.6. The molecule has 6 nitrogen and oxygen atoms in total. The molecule has 1 N–H and O–H groups in total. The molecule has 0 radical (unpaired) electrons. The lowest BCUT2D eigenvalue weighted by Crippen LogP contribution is -2.50. The molecule has 7 heteroatoms. The summed E-state index contributed by atoms with van der Waals surface area (Å²) in [6.45, 7) is 0. The van der Waals surface area contributed by atoms with E-state index in [4.69, 9.17) is 0 Å². The van der Waals surface area contributed by atoms with Crippen molar-refractivity contribution in [2.45, 2.75) is 51.4 Å². The van der Waals surface area contributed by atoms with Gasteiger partial charge in [-0.1, -0.05) is 11.6 Å². The molecule has 0 aliphatic heterocycles. The van der Waals surface area contributed by atoms with E-state index in [-0.39, 0.29) is 35.2 Å². The van der Waals surface area contributed by atoms with Gasteiger partial charge in [-0.25, -0.2) is 8.42 Å². The van der Waals surface area contributed by atoms with Crippen LogP contribution in [0, 0.1) is 47.3 Å². The minimum atomic E-state index is -3.57. The fourth-order valence-corrected chi connectivity index (χ4v) is 8.10. The first-order chi connectivity index (χ1) is 14.7. The van der Waals surface area contributed by atoms with Gasteiger partial charge < -0.3 is 0 Å². The maximum Gasteiger partial charge on any atom is 0.236 e. The SMILES string of the molecule is CS(=O)(=O)NC(=O)C1CCC2CCC3C4CCC5CC(=O)C=CC5C4=CC(=O)C3C2C1. The van der Waals surface area contributed by atoms with Crippen molar-refractivity contribution < 1.29 is 22.8 Å². The van der Waals surface area contributed by atoms with Gasteiger partial charge in [0.05, 0.1) is 6.26 Å². The summed E-state index contributed by atoms with van der Waals surface area (Å²) < 4.78 is 25.2. The highest BCUT2D eigenvalue weighted by atomic mass is 32.2. The summed E-state index contributed by atoms with van der Waals surface area (Å²) in [4.78, 5) is 37.8. The summed E-state index contributed by atoms with van der Waals surface area (Å²) in [5, 5.41) is 0. The van der Waals surface area contributed by atoms with Crippen LogP contribution in [-0.4, -0.2) is 32.1 Å². The summed E-state index contributed by atoms with van der Waals surface area (Å²) in [7, 11) is -3.57. The summed E-state index contributed by atoms with van der Waals surface area (Å²) in [6.07, 6.45) is 13.6. The Hall–Kier alpha value is -1.76. The van der Waals surface area contributed by atoms with Gasteiger partial charge in [-0.2, -0.15) is 0 Å². The molecule has 0 aromatic rings. The van der Waals surface area contributed by atoms with Crippen LogP contribution in [0.25, 0.3) is 0 Å².